The SMILES string of the molecule is O=C(c1ccc(Oc2cccnc2)cc1)N1CCCC1CCCO. The topological polar surface area (TPSA) is 62.7 Å². The number of pyridine rings is 1. The molecular weight excluding hydrogens is 304 g/mol. The molecule has 0 aliphatic carbocycles. The minimum atomic E-state index is 0.0587. The first kappa shape index (κ1) is 16.5. The fraction of sp³-hybridized carbons (Fsp3) is 0.368. The molecule has 2 heterocycles. The lowest BCUT2D eigenvalue weighted by molar-refractivity contribution is 0.0724. The molecule has 1 aromatic heterocycles. The molecule has 1 N–H and O–H groups in total. The van der Waals surface area contributed by atoms with Crippen molar-refractivity contribution in [2.24, 2.45) is 0 Å². The van der Waals surface area contributed by atoms with Gasteiger partial charge in [-0.3, -0.25) is 9.78 Å². The number of likely N-dealkylation sites (tertiary alicyclic amines) is 1. The molecule has 1 aliphatic heterocycles. The van der Waals surface area contributed by atoms with Crippen molar-refractivity contribution in [1.29, 1.82) is 0 Å². The zero-order chi connectivity index (χ0) is 16.8. The van der Waals surface area contributed by atoms with Crippen molar-refractivity contribution in [3.05, 3.63) is 54.4 Å². The molecular formula is C19H22N2O3. The van der Waals surface area contributed by atoms with Crippen LogP contribution in [0.5, 0.6) is 11.5 Å². The number of hydrogen-bond acceptors (Lipinski definition) is 4. The van der Waals surface area contributed by atoms with Crippen LogP contribution >= 0.6 is 0 Å². The highest BCUT2D eigenvalue weighted by atomic mass is 16.5. The van der Waals surface area contributed by atoms with E-state index in [4.69, 9.17) is 9.84 Å². The van der Waals surface area contributed by atoms with Crippen LogP contribution < -0.4 is 4.74 Å². The largest absolute Gasteiger partial charge is 0.456 e. The third-order valence-corrected chi connectivity index (χ3v) is 4.30. The molecule has 0 bridgehead atoms. The lowest BCUT2D eigenvalue weighted by Crippen LogP contribution is -2.35. The van der Waals surface area contributed by atoms with Crippen molar-refractivity contribution >= 4 is 5.91 Å². The molecule has 1 amide bonds. The zero-order valence-electron chi connectivity index (χ0n) is 13.6. The number of carbonyl (C=O) groups excluding carboxylic acids is 1. The molecule has 126 valence electrons. The molecule has 24 heavy (non-hydrogen) atoms. The number of aliphatic hydroxyl groups excluding tert-OH is 1. The van der Waals surface area contributed by atoms with Crippen molar-refractivity contribution in [2.75, 3.05) is 13.2 Å². The summed E-state index contributed by atoms with van der Waals surface area (Å²) in [6.45, 7) is 0.974. The Hall–Kier alpha value is -2.40. The van der Waals surface area contributed by atoms with E-state index in [0.29, 0.717) is 17.1 Å². The van der Waals surface area contributed by atoms with E-state index in [0.717, 1.165) is 32.2 Å². The van der Waals surface area contributed by atoms with E-state index in [9.17, 15) is 4.79 Å². The van der Waals surface area contributed by atoms with Crippen molar-refractivity contribution in [3.8, 4) is 11.5 Å². The van der Waals surface area contributed by atoms with Gasteiger partial charge in [0.2, 0.25) is 0 Å². The Kier molecular flexibility index (Phi) is 5.43. The summed E-state index contributed by atoms with van der Waals surface area (Å²) >= 11 is 0. The molecule has 0 saturated carbocycles. The Balaban J connectivity index is 1.65. The second kappa shape index (κ2) is 7.93. The van der Waals surface area contributed by atoms with Gasteiger partial charge in [-0.1, -0.05) is 0 Å². The van der Waals surface area contributed by atoms with Gasteiger partial charge in [-0.25, -0.2) is 0 Å². The van der Waals surface area contributed by atoms with Gasteiger partial charge in [-0.05, 0) is 62.1 Å². The maximum Gasteiger partial charge on any atom is 0.254 e. The fourth-order valence-electron chi connectivity index (χ4n) is 3.11. The van der Waals surface area contributed by atoms with Gasteiger partial charge in [-0.15, -0.1) is 0 Å². The second-order valence-electron chi connectivity index (χ2n) is 5.98. The number of aliphatic hydroxyl groups is 1. The minimum absolute atomic E-state index is 0.0587. The Labute approximate surface area is 141 Å². The van der Waals surface area contributed by atoms with Crippen LogP contribution in [0.3, 0.4) is 0 Å². The summed E-state index contributed by atoms with van der Waals surface area (Å²) in [4.78, 5) is 18.6. The van der Waals surface area contributed by atoms with Crippen LogP contribution in [0.2, 0.25) is 0 Å². The van der Waals surface area contributed by atoms with E-state index in [1.807, 2.05) is 17.0 Å². The highest BCUT2D eigenvalue weighted by molar-refractivity contribution is 5.94. The Bertz CT molecular complexity index is 658. The van der Waals surface area contributed by atoms with E-state index in [1.54, 1.807) is 36.7 Å². The number of ether oxygens (including phenoxy) is 1. The Morgan fingerprint density at radius 2 is 2.08 bits per heavy atom. The number of hydrogen-bond donors (Lipinski definition) is 1. The average Bonchev–Trinajstić information content (AvgIpc) is 3.09. The molecule has 1 unspecified atom stereocenters. The fourth-order valence-corrected chi connectivity index (χ4v) is 3.11. The third-order valence-electron chi connectivity index (χ3n) is 4.30. The first-order valence-electron chi connectivity index (χ1n) is 8.37. The first-order chi connectivity index (χ1) is 11.8. The van der Waals surface area contributed by atoms with Gasteiger partial charge < -0.3 is 14.7 Å². The first-order valence-corrected chi connectivity index (χ1v) is 8.37. The summed E-state index contributed by atoms with van der Waals surface area (Å²) in [5.74, 6) is 1.40. The molecule has 1 atom stereocenters. The highest BCUT2D eigenvalue weighted by Gasteiger charge is 2.28. The molecule has 1 aromatic carbocycles. The summed E-state index contributed by atoms with van der Waals surface area (Å²) in [7, 11) is 0. The molecule has 3 rings (SSSR count). The smallest absolute Gasteiger partial charge is 0.254 e. The van der Waals surface area contributed by atoms with Crippen LogP contribution in [0, 0.1) is 0 Å². The molecule has 0 spiro atoms. The van der Waals surface area contributed by atoms with Gasteiger partial charge in [0, 0.05) is 31.0 Å². The Morgan fingerprint density at radius 1 is 1.25 bits per heavy atom. The quantitative estimate of drug-likeness (QED) is 0.885. The summed E-state index contributed by atoms with van der Waals surface area (Å²) < 4.78 is 5.70. The molecule has 1 saturated heterocycles. The van der Waals surface area contributed by atoms with Gasteiger partial charge in [0.1, 0.15) is 11.5 Å². The predicted octanol–water partition coefficient (Wildman–Crippen LogP) is 3.25. The Morgan fingerprint density at radius 3 is 2.79 bits per heavy atom. The lowest BCUT2D eigenvalue weighted by Gasteiger charge is -2.24. The summed E-state index contributed by atoms with van der Waals surface area (Å²) in [6, 6.07) is 11.1. The van der Waals surface area contributed by atoms with Gasteiger partial charge in [0.25, 0.3) is 5.91 Å². The number of carbonyl (C=O) groups is 1. The van der Waals surface area contributed by atoms with Crippen LogP contribution in [0.15, 0.2) is 48.8 Å². The van der Waals surface area contributed by atoms with Crippen molar-refractivity contribution < 1.29 is 14.6 Å². The second-order valence-corrected chi connectivity index (χ2v) is 5.98. The molecule has 5 heteroatoms. The van der Waals surface area contributed by atoms with E-state index in [2.05, 4.69) is 4.98 Å². The minimum Gasteiger partial charge on any atom is -0.456 e. The van der Waals surface area contributed by atoms with E-state index in [1.165, 1.54) is 0 Å². The maximum atomic E-state index is 12.7. The molecule has 0 radical (unpaired) electrons. The van der Waals surface area contributed by atoms with Crippen LogP contribution in [-0.2, 0) is 0 Å². The molecule has 1 aliphatic rings. The predicted molar refractivity (Wildman–Crippen MR) is 91.1 cm³/mol. The summed E-state index contributed by atoms with van der Waals surface area (Å²) in [5.41, 5.74) is 0.671. The van der Waals surface area contributed by atoms with Gasteiger partial charge in [-0.2, -0.15) is 0 Å². The van der Waals surface area contributed by atoms with E-state index < -0.39 is 0 Å². The van der Waals surface area contributed by atoms with Gasteiger partial charge in [0.05, 0.1) is 6.20 Å². The van der Waals surface area contributed by atoms with E-state index in [-0.39, 0.29) is 18.6 Å². The number of rotatable bonds is 6. The summed E-state index contributed by atoms with van der Waals surface area (Å²) in [5, 5.41) is 9.00. The average molecular weight is 326 g/mol. The van der Waals surface area contributed by atoms with Crippen molar-refractivity contribution in [3.63, 3.8) is 0 Å². The van der Waals surface area contributed by atoms with Crippen LogP contribution in [0.1, 0.15) is 36.0 Å². The van der Waals surface area contributed by atoms with Gasteiger partial charge in [0.15, 0.2) is 0 Å². The molecule has 2 aromatic rings. The van der Waals surface area contributed by atoms with E-state index >= 15 is 0 Å². The number of amides is 1. The summed E-state index contributed by atoms with van der Waals surface area (Å²) in [6.07, 6.45) is 7.00. The lowest BCUT2D eigenvalue weighted by atomic mass is 10.1. The number of aromatic nitrogens is 1. The molecule has 1 fully saturated rings. The molecule has 5 nitrogen and oxygen atoms in total. The monoisotopic (exact) mass is 326 g/mol. The number of nitrogens with zero attached hydrogens (tertiary/aromatic N) is 2. The third kappa shape index (κ3) is 3.92. The van der Waals surface area contributed by atoms with Gasteiger partial charge >= 0.3 is 0 Å². The van der Waals surface area contributed by atoms with Crippen LogP contribution in [0.4, 0.5) is 0 Å². The standard InChI is InChI=1S/C19H22N2O3/c22-13-3-5-16-4-2-12-21(16)19(23)15-7-9-17(10-8-15)24-18-6-1-11-20-14-18/h1,6-11,14,16,22H,2-5,12-13H2. The van der Waals surface area contributed by atoms with Crippen LogP contribution in [-0.4, -0.2) is 40.1 Å². The maximum absolute atomic E-state index is 12.7. The number of benzene rings is 1. The zero-order valence-corrected chi connectivity index (χ0v) is 13.6. The highest BCUT2D eigenvalue weighted by Crippen LogP contribution is 2.25. The van der Waals surface area contributed by atoms with Crippen molar-refractivity contribution in [2.45, 2.75) is 31.7 Å². The van der Waals surface area contributed by atoms with Crippen LogP contribution in [0.25, 0.3) is 0 Å². The normalized spacial score (nSPS) is 17.0. The van der Waals surface area contributed by atoms with Crippen molar-refractivity contribution in [1.82, 2.24) is 9.88 Å².